The molecule has 14 rings (SSSR count). The van der Waals surface area contributed by atoms with E-state index in [1.54, 1.807) is 0 Å². The normalized spacial score (nSPS) is 12.9. The van der Waals surface area contributed by atoms with Crippen LogP contribution in [0.25, 0.3) is 76.8 Å². The smallest absolute Gasteiger partial charge is 0.140 e. The molecule has 0 aromatic heterocycles. The maximum Gasteiger partial charge on any atom is 0.140 e. The Labute approximate surface area is 401 Å². The fourth-order valence-electron chi connectivity index (χ4n) is 11.6. The number of fused-ring (bicyclic) bond motifs is 14. The summed E-state index contributed by atoms with van der Waals surface area (Å²) in [6.45, 7) is 0. The lowest BCUT2D eigenvalue weighted by Crippen LogP contribution is -2.32. The Hall–Kier alpha value is -8.98. The summed E-state index contributed by atoms with van der Waals surface area (Å²) >= 11 is 0. The van der Waals surface area contributed by atoms with Crippen molar-refractivity contribution in [2.45, 2.75) is 5.41 Å². The highest BCUT2D eigenvalue weighted by atomic mass is 16.5. The van der Waals surface area contributed by atoms with Gasteiger partial charge in [-0.3, -0.25) is 0 Å². The minimum atomic E-state index is -0.613. The molecule has 12 aromatic rings. The molecule has 1 heterocycles. The Balaban J connectivity index is 0.919. The number of hydrogen-bond donors (Lipinski definition) is 0. The second kappa shape index (κ2) is 15.6. The van der Waals surface area contributed by atoms with Crippen LogP contribution < -0.4 is 9.64 Å². The van der Waals surface area contributed by atoms with Gasteiger partial charge in [0.05, 0.1) is 5.41 Å². The first-order chi connectivity index (χ1) is 34.2. The van der Waals surface area contributed by atoms with Gasteiger partial charge < -0.3 is 9.64 Å². The van der Waals surface area contributed by atoms with Crippen LogP contribution in [0.1, 0.15) is 22.3 Å². The van der Waals surface area contributed by atoms with Gasteiger partial charge in [0.15, 0.2) is 0 Å². The number of ether oxygens (including phenoxy) is 1. The number of benzene rings is 12. The van der Waals surface area contributed by atoms with Crippen LogP contribution in [-0.4, -0.2) is 0 Å². The first-order valence-electron chi connectivity index (χ1n) is 23.8. The number of rotatable bonds is 6. The van der Waals surface area contributed by atoms with E-state index in [2.05, 4.69) is 266 Å². The van der Waals surface area contributed by atoms with Crippen LogP contribution in [-0.2, 0) is 5.41 Å². The molecular formula is C67H43NO. The molecule has 12 aromatic carbocycles. The van der Waals surface area contributed by atoms with Crippen LogP contribution >= 0.6 is 0 Å². The fourth-order valence-corrected chi connectivity index (χ4v) is 11.6. The first kappa shape index (κ1) is 39.2. The molecule has 0 saturated carbocycles. The summed E-state index contributed by atoms with van der Waals surface area (Å²) in [4.78, 5) is 2.38. The third-order valence-electron chi connectivity index (χ3n) is 14.7. The lowest BCUT2D eigenvalue weighted by molar-refractivity contribution is 0.447. The van der Waals surface area contributed by atoms with E-state index in [0.29, 0.717) is 0 Å². The summed E-state index contributed by atoms with van der Waals surface area (Å²) in [5, 5.41) is 7.06. The van der Waals surface area contributed by atoms with Gasteiger partial charge in [-0.25, -0.2) is 0 Å². The summed E-state index contributed by atoms with van der Waals surface area (Å²) in [5.74, 6) is 1.85. The predicted molar refractivity (Wildman–Crippen MR) is 287 cm³/mol. The van der Waals surface area contributed by atoms with E-state index in [0.717, 1.165) is 55.7 Å². The first-order valence-corrected chi connectivity index (χ1v) is 23.8. The summed E-state index contributed by atoms with van der Waals surface area (Å²) in [7, 11) is 0. The molecule has 0 saturated heterocycles. The van der Waals surface area contributed by atoms with Crippen molar-refractivity contribution in [1.29, 1.82) is 0 Å². The molecule has 2 nitrogen and oxygen atoms in total. The zero-order valence-corrected chi connectivity index (χ0v) is 37.7. The van der Waals surface area contributed by atoms with Crippen molar-refractivity contribution in [3.8, 4) is 56.0 Å². The van der Waals surface area contributed by atoms with Gasteiger partial charge in [0.1, 0.15) is 11.5 Å². The third kappa shape index (κ3) is 6.06. The molecule has 1 spiro atoms. The molecule has 0 fully saturated rings. The van der Waals surface area contributed by atoms with Crippen LogP contribution in [0.3, 0.4) is 0 Å². The molecule has 322 valence electrons. The van der Waals surface area contributed by atoms with E-state index < -0.39 is 5.41 Å². The van der Waals surface area contributed by atoms with Gasteiger partial charge in [0.25, 0.3) is 0 Å². The number of hydrogen-bond acceptors (Lipinski definition) is 2. The highest BCUT2D eigenvalue weighted by molar-refractivity contribution is 6.01. The molecule has 0 radical (unpaired) electrons. The van der Waals surface area contributed by atoms with Gasteiger partial charge >= 0.3 is 0 Å². The molecule has 69 heavy (non-hydrogen) atoms. The molecule has 2 aliphatic rings. The van der Waals surface area contributed by atoms with Crippen molar-refractivity contribution in [3.63, 3.8) is 0 Å². The van der Waals surface area contributed by atoms with Gasteiger partial charge in [-0.2, -0.15) is 0 Å². The van der Waals surface area contributed by atoms with Crippen LogP contribution in [0.15, 0.2) is 261 Å². The maximum atomic E-state index is 7.22. The zero-order chi connectivity index (χ0) is 45.5. The standard InChI is InChI=1S/C67H43NO/c1-2-14-44(15-3-1)50-20-12-21-54(42-50)68(53-37-30-49(31-38-53)56-26-13-19-46-16-4-7-22-55(46)56)52-35-28-45(29-36-52)51-32-39-60-59-25-10-11-27-61(59)67(64(60)43-51)62-40-33-47-17-5-8-23-57(47)65(62)69-66-58-24-9-6-18-48(58)34-41-63(66)67/h1-43H. The highest BCUT2D eigenvalue weighted by Gasteiger charge is 2.52. The van der Waals surface area contributed by atoms with E-state index in [9.17, 15) is 0 Å². The molecule has 1 aliphatic heterocycles. The lowest BCUT2D eigenvalue weighted by Gasteiger charge is -2.40. The summed E-state index contributed by atoms with van der Waals surface area (Å²) < 4.78 is 7.22. The van der Waals surface area contributed by atoms with Gasteiger partial charge in [0.2, 0.25) is 0 Å². The minimum Gasteiger partial charge on any atom is -0.455 e. The van der Waals surface area contributed by atoms with Gasteiger partial charge in [-0.05, 0) is 120 Å². The summed E-state index contributed by atoms with van der Waals surface area (Å²) in [5.41, 5.74) is 17.2. The Bertz CT molecular complexity index is 3890. The SMILES string of the molecule is c1ccc(-c2cccc(N(c3ccc(-c4ccc5c(c4)C4(c6ccccc6-5)c5ccc6ccccc6c5Oc5c4ccc4ccccc54)cc3)c3ccc(-c4cccc5ccccc45)cc3)c2)cc1. The zero-order valence-electron chi connectivity index (χ0n) is 37.7. The molecule has 0 bridgehead atoms. The van der Waals surface area contributed by atoms with Gasteiger partial charge in [0, 0.05) is 39.0 Å². The maximum absolute atomic E-state index is 7.22. The second-order valence-electron chi connectivity index (χ2n) is 18.4. The van der Waals surface area contributed by atoms with Crippen LogP contribution in [0.2, 0.25) is 0 Å². The average molecular weight is 878 g/mol. The monoisotopic (exact) mass is 877 g/mol. The van der Waals surface area contributed by atoms with E-state index in [4.69, 9.17) is 4.74 Å². The van der Waals surface area contributed by atoms with Crippen LogP contribution in [0.4, 0.5) is 17.1 Å². The Morgan fingerprint density at radius 1 is 0.261 bits per heavy atom. The van der Waals surface area contributed by atoms with Crippen LogP contribution in [0, 0.1) is 0 Å². The van der Waals surface area contributed by atoms with Crippen LogP contribution in [0.5, 0.6) is 11.5 Å². The second-order valence-corrected chi connectivity index (χ2v) is 18.4. The third-order valence-corrected chi connectivity index (χ3v) is 14.7. The van der Waals surface area contributed by atoms with Gasteiger partial charge in [-0.1, -0.05) is 218 Å². The molecule has 0 amide bonds. The van der Waals surface area contributed by atoms with E-state index in [1.165, 1.54) is 72.0 Å². The van der Waals surface area contributed by atoms with Crippen molar-refractivity contribution in [3.05, 3.63) is 283 Å². The van der Waals surface area contributed by atoms with E-state index in [-0.39, 0.29) is 0 Å². The average Bonchev–Trinajstić information content (AvgIpc) is 3.71. The van der Waals surface area contributed by atoms with Gasteiger partial charge in [-0.15, -0.1) is 0 Å². The Morgan fingerprint density at radius 2 is 0.739 bits per heavy atom. The number of anilines is 3. The highest BCUT2D eigenvalue weighted by Crippen LogP contribution is 2.64. The van der Waals surface area contributed by atoms with Crippen molar-refractivity contribution in [2.75, 3.05) is 4.90 Å². The Kier molecular flexibility index (Phi) is 8.84. The lowest BCUT2D eigenvalue weighted by atomic mass is 9.65. The van der Waals surface area contributed by atoms with E-state index >= 15 is 0 Å². The summed E-state index contributed by atoms with van der Waals surface area (Å²) in [6.07, 6.45) is 0. The molecule has 2 heteroatoms. The molecule has 0 unspecified atom stereocenters. The van der Waals surface area contributed by atoms with Crippen molar-refractivity contribution >= 4 is 49.4 Å². The molecule has 0 atom stereocenters. The topological polar surface area (TPSA) is 12.5 Å². The quantitative estimate of drug-likeness (QED) is 0.165. The number of nitrogens with zero attached hydrogens (tertiary/aromatic N) is 1. The molecule has 1 aliphatic carbocycles. The predicted octanol–water partition coefficient (Wildman–Crippen LogP) is 18.1. The van der Waals surface area contributed by atoms with Crippen molar-refractivity contribution in [1.82, 2.24) is 0 Å². The largest absolute Gasteiger partial charge is 0.455 e. The van der Waals surface area contributed by atoms with E-state index in [1.807, 2.05) is 0 Å². The molecular weight excluding hydrogens is 835 g/mol. The Morgan fingerprint density at radius 3 is 1.43 bits per heavy atom. The van der Waals surface area contributed by atoms with Crippen molar-refractivity contribution in [2.24, 2.45) is 0 Å². The molecule has 0 N–H and O–H groups in total. The fraction of sp³-hybridized carbons (Fsp3) is 0.0149. The summed E-state index contributed by atoms with van der Waals surface area (Å²) in [6, 6.07) is 95.4. The van der Waals surface area contributed by atoms with Crippen molar-refractivity contribution < 1.29 is 4.74 Å². The minimum absolute atomic E-state index is 0.613.